The van der Waals surface area contributed by atoms with Crippen molar-refractivity contribution >= 4 is 18.3 Å². The minimum absolute atomic E-state index is 0. The molecule has 22 heavy (non-hydrogen) atoms. The van der Waals surface area contributed by atoms with Gasteiger partial charge in [0.15, 0.2) is 0 Å². The number of amides is 1. The van der Waals surface area contributed by atoms with E-state index < -0.39 is 0 Å². The lowest BCUT2D eigenvalue weighted by Gasteiger charge is -2.43. The number of piperidine rings is 2. The van der Waals surface area contributed by atoms with Gasteiger partial charge in [-0.05, 0) is 56.2 Å². The Hall–Kier alpha value is -1.06. The zero-order chi connectivity index (χ0) is 14.3. The van der Waals surface area contributed by atoms with E-state index in [-0.39, 0.29) is 23.9 Å². The van der Waals surface area contributed by atoms with Crippen molar-refractivity contribution in [3.63, 3.8) is 0 Å². The van der Waals surface area contributed by atoms with Crippen molar-refractivity contribution in [1.29, 1.82) is 0 Å². The van der Waals surface area contributed by atoms with Gasteiger partial charge in [0, 0.05) is 19.1 Å². The van der Waals surface area contributed by atoms with Crippen LogP contribution in [0.3, 0.4) is 0 Å². The molecule has 0 bridgehead atoms. The first kappa shape index (κ1) is 15.8. The average molecular weight is 321 g/mol. The van der Waals surface area contributed by atoms with Crippen molar-refractivity contribution in [2.45, 2.75) is 44.6 Å². The highest BCUT2D eigenvalue weighted by molar-refractivity contribution is 5.86. The topological polar surface area (TPSA) is 32.3 Å². The van der Waals surface area contributed by atoms with Gasteiger partial charge in [-0.2, -0.15) is 0 Å². The fourth-order valence-corrected chi connectivity index (χ4v) is 4.62. The number of benzene rings is 1. The smallest absolute Gasteiger partial charge is 0.231 e. The molecule has 4 heteroatoms. The third-order valence-electron chi connectivity index (χ3n) is 5.64. The molecule has 1 aromatic carbocycles. The number of fused-ring (bicyclic) bond motifs is 3. The number of rotatable bonds is 1. The molecule has 1 amide bonds. The van der Waals surface area contributed by atoms with Crippen molar-refractivity contribution in [3.8, 4) is 0 Å². The van der Waals surface area contributed by atoms with Crippen LogP contribution in [0.2, 0.25) is 0 Å². The Bertz CT molecular complexity index is 556. The van der Waals surface area contributed by atoms with Crippen molar-refractivity contribution in [1.82, 2.24) is 10.2 Å². The van der Waals surface area contributed by atoms with Crippen molar-refractivity contribution in [2.75, 3.05) is 19.6 Å². The zero-order valence-corrected chi connectivity index (χ0v) is 13.8. The van der Waals surface area contributed by atoms with Gasteiger partial charge in [-0.25, -0.2) is 0 Å². The van der Waals surface area contributed by atoms with Crippen LogP contribution >= 0.6 is 12.4 Å². The van der Waals surface area contributed by atoms with E-state index in [1.165, 1.54) is 30.4 Å². The number of carbonyl (C=O) groups excluding carboxylic acids is 1. The van der Waals surface area contributed by atoms with E-state index in [9.17, 15) is 4.79 Å². The molecule has 2 atom stereocenters. The Balaban J connectivity index is 0.00000144. The fourth-order valence-electron chi connectivity index (χ4n) is 4.62. The van der Waals surface area contributed by atoms with Gasteiger partial charge in [0.2, 0.25) is 5.91 Å². The molecule has 2 aliphatic heterocycles. The van der Waals surface area contributed by atoms with E-state index in [4.69, 9.17) is 0 Å². The molecule has 4 rings (SSSR count). The normalized spacial score (nSPS) is 30.2. The number of nitrogens with zero attached hydrogens (tertiary/aromatic N) is 1. The largest absolute Gasteiger partial charge is 0.342 e. The van der Waals surface area contributed by atoms with Crippen LogP contribution in [-0.2, 0) is 11.2 Å². The maximum absolute atomic E-state index is 13.3. The van der Waals surface area contributed by atoms with Crippen LogP contribution in [0.25, 0.3) is 0 Å². The lowest BCUT2D eigenvalue weighted by molar-refractivity contribution is -0.146. The summed E-state index contributed by atoms with van der Waals surface area (Å²) in [5, 5.41) is 3.65. The summed E-state index contributed by atoms with van der Waals surface area (Å²) in [5.74, 6) is 0.413. The minimum atomic E-state index is -0.209. The Morgan fingerprint density at radius 2 is 1.91 bits per heavy atom. The lowest BCUT2D eigenvalue weighted by Crippen LogP contribution is -2.53. The zero-order valence-electron chi connectivity index (χ0n) is 13.0. The van der Waals surface area contributed by atoms with Crippen molar-refractivity contribution in [2.24, 2.45) is 5.41 Å². The summed E-state index contributed by atoms with van der Waals surface area (Å²) < 4.78 is 0. The number of hydrogen-bond acceptors (Lipinski definition) is 2. The van der Waals surface area contributed by atoms with Gasteiger partial charge in [0.05, 0.1) is 5.41 Å². The SMILES string of the molecule is Cl.O=C(N1CCCCC1)C12CCCNC1c1ccccc1C2. The molecule has 2 unspecified atom stereocenters. The summed E-state index contributed by atoms with van der Waals surface area (Å²) in [6, 6.07) is 8.87. The van der Waals surface area contributed by atoms with Crippen molar-refractivity contribution in [3.05, 3.63) is 35.4 Å². The first-order valence-corrected chi connectivity index (χ1v) is 8.42. The van der Waals surface area contributed by atoms with E-state index in [0.717, 1.165) is 38.9 Å². The molecule has 0 spiro atoms. The molecule has 2 fully saturated rings. The van der Waals surface area contributed by atoms with Gasteiger partial charge in [-0.1, -0.05) is 24.3 Å². The summed E-state index contributed by atoms with van der Waals surface area (Å²) in [7, 11) is 0. The molecule has 1 aliphatic carbocycles. The highest BCUT2D eigenvalue weighted by Crippen LogP contribution is 2.51. The highest BCUT2D eigenvalue weighted by atomic mass is 35.5. The van der Waals surface area contributed by atoms with Gasteiger partial charge in [-0.3, -0.25) is 4.79 Å². The Morgan fingerprint density at radius 3 is 2.73 bits per heavy atom. The monoisotopic (exact) mass is 320 g/mol. The number of halogens is 1. The predicted octanol–water partition coefficient (Wildman–Crippen LogP) is 3.09. The maximum Gasteiger partial charge on any atom is 0.231 e. The third-order valence-corrected chi connectivity index (χ3v) is 5.64. The molecule has 3 nitrogen and oxygen atoms in total. The van der Waals surface area contributed by atoms with E-state index in [0.29, 0.717) is 5.91 Å². The summed E-state index contributed by atoms with van der Waals surface area (Å²) in [6.07, 6.45) is 6.70. The second-order valence-corrected chi connectivity index (χ2v) is 6.88. The molecule has 0 aromatic heterocycles. The molecular formula is C18H25ClN2O. The van der Waals surface area contributed by atoms with Gasteiger partial charge in [0.1, 0.15) is 0 Å². The standard InChI is InChI=1S/C18H24N2O.ClH/c21-17(20-11-4-1-5-12-20)18-9-6-10-19-16(18)15-8-3-2-7-14(15)13-18;/h2-3,7-8,16,19H,1,4-6,9-13H2;1H. The van der Waals surface area contributed by atoms with Crippen molar-refractivity contribution < 1.29 is 4.79 Å². The quantitative estimate of drug-likeness (QED) is 0.862. The minimum Gasteiger partial charge on any atom is -0.342 e. The van der Waals surface area contributed by atoms with Crippen LogP contribution < -0.4 is 5.32 Å². The van der Waals surface area contributed by atoms with Crippen LogP contribution in [-0.4, -0.2) is 30.4 Å². The van der Waals surface area contributed by atoms with Gasteiger partial charge in [-0.15, -0.1) is 12.4 Å². The molecular weight excluding hydrogens is 296 g/mol. The molecule has 0 saturated carbocycles. The number of nitrogens with one attached hydrogen (secondary N) is 1. The molecule has 120 valence electrons. The number of carbonyl (C=O) groups is 1. The van der Waals surface area contributed by atoms with Crippen LogP contribution in [0.4, 0.5) is 0 Å². The molecule has 2 heterocycles. The van der Waals surface area contributed by atoms with E-state index >= 15 is 0 Å². The predicted molar refractivity (Wildman–Crippen MR) is 90.2 cm³/mol. The first-order chi connectivity index (χ1) is 10.3. The van der Waals surface area contributed by atoms with Gasteiger partial charge >= 0.3 is 0 Å². The summed E-state index contributed by atoms with van der Waals surface area (Å²) in [6.45, 7) is 2.96. The highest BCUT2D eigenvalue weighted by Gasteiger charge is 2.53. The second-order valence-electron chi connectivity index (χ2n) is 6.88. The Kier molecular flexibility index (Phi) is 4.47. The average Bonchev–Trinajstić information content (AvgIpc) is 2.90. The molecule has 2 saturated heterocycles. The van der Waals surface area contributed by atoms with Crippen LogP contribution in [0, 0.1) is 5.41 Å². The number of likely N-dealkylation sites (tertiary alicyclic amines) is 1. The summed E-state index contributed by atoms with van der Waals surface area (Å²) in [5.41, 5.74) is 2.53. The molecule has 0 radical (unpaired) electrons. The fraction of sp³-hybridized carbons (Fsp3) is 0.611. The number of hydrogen-bond donors (Lipinski definition) is 1. The first-order valence-electron chi connectivity index (χ1n) is 8.42. The Morgan fingerprint density at radius 1 is 1.14 bits per heavy atom. The molecule has 1 N–H and O–H groups in total. The van der Waals surface area contributed by atoms with Gasteiger partial charge in [0.25, 0.3) is 0 Å². The van der Waals surface area contributed by atoms with E-state index in [1.54, 1.807) is 0 Å². The van der Waals surface area contributed by atoms with Crippen LogP contribution in [0.5, 0.6) is 0 Å². The Labute approximate surface area is 138 Å². The van der Waals surface area contributed by atoms with Crippen LogP contribution in [0.1, 0.15) is 49.3 Å². The maximum atomic E-state index is 13.3. The van der Waals surface area contributed by atoms with Crippen LogP contribution in [0.15, 0.2) is 24.3 Å². The van der Waals surface area contributed by atoms with E-state index in [1.807, 2.05) is 0 Å². The summed E-state index contributed by atoms with van der Waals surface area (Å²) in [4.78, 5) is 15.5. The third kappa shape index (κ3) is 2.35. The van der Waals surface area contributed by atoms with Gasteiger partial charge < -0.3 is 10.2 Å². The summed E-state index contributed by atoms with van der Waals surface area (Å²) >= 11 is 0. The lowest BCUT2D eigenvalue weighted by atomic mass is 9.73. The molecule has 3 aliphatic rings. The van der Waals surface area contributed by atoms with E-state index in [2.05, 4.69) is 34.5 Å². The molecule has 1 aromatic rings. The second kappa shape index (κ2) is 6.21.